The number of anilines is 1. The van der Waals surface area contributed by atoms with E-state index in [9.17, 15) is 9.18 Å². The van der Waals surface area contributed by atoms with Gasteiger partial charge in [-0.2, -0.15) is 5.10 Å². The number of hydrogen-bond acceptors (Lipinski definition) is 5. The molecule has 1 aromatic carbocycles. The first-order valence-corrected chi connectivity index (χ1v) is 12.3. The van der Waals surface area contributed by atoms with E-state index in [1.807, 2.05) is 50.2 Å². The number of nitrogens with one attached hydrogen (secondary N) is 3. The number of carbonyl (C=O) groups excluding carboxylic acids is 1. The van der Waals surface area contributed by atoms with Crippen molar-refractivity contribution in [2.75, 3.05) is 5.32 Å². The van der Waals surface area contributed by atoms with Crippen LogP contribution in [-0.4, -0.2) is 36.0 Å². The number of H-pyrrole nitrogens is 2. The topological polar surface area (TPSA) is 112 Å². The molecule has 9 heteroatoms. The van der Waals surface area contributed by atoms with Crippen molar-refractivity contribution in [1.29, 1.82) is 0 Å². The van der Waals surface area contributed by atoms with Crippen molar-refractivity contribution in [3.05, 3.63) is 79.0 Å². The van der Waals surface area contributed by atoms with E-state index in [0.29, 0.717) is 34.7 Å². The lowest BCUT2D eigenvalue weighted by Gasteiger charge is -2.08. The van der Waals surface area contributed by atoms with Crippen molar-refractivity contribution in [2.45, 2.75) is 20.3 Å². The van der Waals surface area contributed by atoms with Gasteiger partial charge in [0.25, 0.3) is 0 Å². The molecule has 0 unspecified atom stereocenters. The summed E-state index contributed by atoms with van der Waals surface area (Å²) in [5, 5.41) is 11.3. The summed E-state index contributed by atoms with van der Waals surface area (Å²) < 4.78 is 13.9. The van der Waals surface area contributed by atoms with E-state index >= 15 is 0 Å². The number of carbonyl (C=O) groups is 1. The molecular weight excluding hydrogens is 481 g/mol. The Balaban J connectivity index is 1.38. The second-order valence-electron chi connectivity index (χ2n) is 9.59. The summed E-state index contributed by atoms with van der Waals surface area (Å²) in [6, 6.07) is 16.0. The molecule has 6 rings (SSSR count). The lowest BCUT2D eigenvalue weighted by molar-refractivity contribution is -0.116. The Morgan fingerprint density at radius 1 is 1.05 bits per heavy atom. The molecule has 5 aromatic heterocycles. The molecular formula is C29H24FN7O. The third-order valence-electron chi connectivity index (χ3n) is 6.24. The zero-order valence-electron chi connectivity index (χ0n) is 20.8. The number of rotatable bonds is 6. The van der Waals surface area contributed by atoms with Gasteiger partial charge in [0.05, 0.1) is 28.8 Å². The van der Waals surface area contributed by atoms with Crippen LogP contribution in [0.2, 0.25) is 0 Å². The molecule has 0 fully saturated rings. The van der Waals surface area contributed by atoms with Crippen molar-refractivity contribution in [3.63, 3.8) is 0 Å². The highest BCUT2D eigenvalue weighted by Crippen LogP contribution is 2.33. The molecule has 0 saturated carbocycles. The molecule has 0 saturated heterocycles. The first-order chi connectivity index (χ1) is 18.4. The molecule has 3 N–H and O–H groups in total. The number of nitrogens with zero attached hydrogens (tertiary/aromatic N) is 4. The molecule has 8 nitrogen and oxygen atoms in total. The average molecular weight is 506 g/mol. The van der Waals surface area contributed by atoms with Crippen molar-refractivity contribution >= 4 is 33.7 Å². The largest absolute Gasteiger partial charge is 0.338 e. The maximum Gasteiger partial charge on any atom is 0.224 e. The highest BCUT2D eigenvalue weighted by molar-refractivity contribution is 5.99. The summed E-state index contributed by atoms with van der Waals surface area (Å²) >= 11 is 0. The van der Waals surface area contributed by atoms with Gasteiger partial charge in [-0.3, -0.25) is 14.9 Å². The van der Waals surface area contributed by atoms with Crippen LogP contribution in [0.1, 0.15) is 20.3 Å². The van der Waals surface area contributed by atoms with Crippen molar-refractivity contribution < 1.29 is 9.18 Å². The fourth-order valence-electron chi connectivity index (χ4n) is 4.54. The van der Waals surface area contributed by atoms with E-state index in [2.05, 4.69) is 30.5 Å². The minimum Gasteiger partial charge on any atom is -0.338 e. The lowest BCUT2D eigenvalue weighted by Crippen LogP contribution is -2.13. The van der Waals surface area contributed by atoms with E-state index in [1.54, 1.807) is 24.7 Å². The highest BCUT2D eigenvalue weighted by atomic mass is 19.1. The first kappa shape index (κ1) is 23.5. The Kier molecular flexibility index (Phi) is 5.88. The molecule has 0 aliphatic heterocycles. The fourth-order valence-corrected chi connectivity index (χ4v) is 4.54. The molecule has 5 heterocycles. The van der Waals surface area contributed by atoms with Crippen LogP contribution in [0.3, 0.4) is 0 Å². The van der Waals surface area contributed by atoms with Crippen molar-refractivity contribution in [2.24, 2.45) is 5.92 Å². The second-order valence-corrected chi connectivity index (χ2v) is 9.59. The smallest absolute Gasteiger partial charge is 0.224 e. The Hall–Kier alpha value is -4.92. The normalized spacial score (nSPS) is 11.5. The Bertz CT molecular complexity index is 1800. The minimum absolute atomic E-state index is 0.0514. The van der Waals surface area contributed by atoms with E-state index in [4.69, 9.17) is 4.98 Å². The molecule has 0 aliphatic rings. The summed E-state index contributed by atoms with van der Waals surface area (Å²) in [7, 11) is 0. The second kappa shape index (κ2) is 9.51. The van der Waals surface area contributed by atoms with Crippen LogP contribution in [0.25, 0.3) is 55.8 Å². The number of hydrogen-bond donors (Lipinski definition) is 3. The van der Waals surface area contributed by atoms with Crippen molar-refractivity contribution in [3.8, 4) is 33.8 Å². The molecule has 188 valence electrons. The van der Waals surface area contributed by atoms with Crippen LogP contribution in [0.15, 0.2) is 73.2 Å². The Morgan fingerprint density at radius 2 is 1.95 bits per heavy atom. The van der Waals surface area contributed by atoms with Gasteiger partial charge >= 0.3 is 0 Å². The van der Waals surface area contributed by atoms with Gasteiger partial charge in [-0.1, -0.05) is 26.0 Å². The Morgan fingerprint density at radius 3 is 2.79 bits per heavy atom. The predicted octanol–water partition coefficient (Wildman–Crippen LogP) is 6.35. The number of benzene rings is 1. The number of pyridine rings is 3. The fraction of sp³-hybridized carbons (Fsp3) is 0.138. The van der Waals surface area contributed by atoms with Crippen LogP contribution in [0.5, 0.6) is 0 Å². The third-order valence-corrected chi connectivity index (χ3v) is 6.24. The quantitative estimate of drug-likeness (QED) is 0.244. The molecule has 0 aliphatic carbocycles. The number of halogens is 1. The molecule has 0 radical (unpaired) electrons. The molecule has 0 atom stereocenters. The highest BCUT2D eigenvalue weighted by Gasteiger charge is 2.16. The summed E-state index contributed by atoms with van der Waals surface area (Å²) in [6.07, 6.45) is 5.47. The van der Waals surface area contributed by atoms with Crippen LogP contribution < -0.4 is 5.32 Å². The van der Waals surface area contributed by atoms with Crippen molar-refractivity contribution in [1.82, 2.24) is 30.1 Å². The van der Waals surface area contributed by atoms with Crippen LogP contribution in [-0.2, 0) is 4.79 Å². The number of aromatic amines is 2. The third kappa shape index (κ3) is 4.50. The minimum atomic E-state index is -0.295. The Labute approximate surface area is 217 Å². The first-order valence-electron chi connectivity index (χ1n) is 12.3. The summed E-state index contributed by atoms with van der Waals surface area (Å²) in [5.41, 5.74) is 7.22. The molecule has 38 heavy (non-hydrogen) atoms. The average Bonchev–Trinajstić information content (AvgIpc) is 3.52. The van der Waals surface area contributed by atoms with Crippen LogP contribution in [0, 0.1) is 11.7 Å². The SMILES string of the molecule is CC(C)CC(=O)Nc1cncc(-c2ccc3[nH]nc(-c4cc5c(-c6cccc(F)c6)ccnc5[nH]4)c3n2)c1. The van der Waals surface area contributed by atoms with Crippen LogP contribution in [0.4, 0.5) is 10.1 Å². The van der Waals surface area contributed by atoms with E-state index in [0.717, 1.165) is 33.3 Å². The van der Waals surface area contributed by atoms with Gasteiger partial charge in [-0.25, -0.2) is 14.4 Å². The zero-order chi connectivity index (χ0) is 26.2. The number of amides is 1. The van der Waals surface area contributed by atoms with Gasteiger partial charge in [-0.05, 0) is 59.5 Å². The van der Waals surface area contributed by atoms with E-state index < -0.39 is 0 Å². The molecule has 0 bridgehead atoms. The van der Waals surface area contributed by atoms with Gasteiger partial charge in [0.1, 0.15) is 22.7 Å². The van der Waals surface area contributed by atoms with Gasteiger partial charge in [-0.15, -0.1) is 0 Å². The summed E-state index contributed by atoms with van der Waals surface area (Å²) in [4.78, 5) is 29.2. The van der Waals surface area contributed by atoms with Crippen LogP contribution >= 0.6 is 0 Å². The predicted molar refractivity (Wildman–Crippen MR) is 146 cm³/mol. The number of fused-ring (bicyclic) bond motifs is 2. The lowest BCUT2D eigenvalue weighted by atomic mass is 10.0. The van der Waals surface area contributed by atoms with Gasteiger partial charge in [0.15, 0.2) is 0 Å². The zero-order valence-corrected chi connectivity index (χ0v) is 20.8. The maximum absolute atomic E-state index is 13.9. The van der Waals surface area contributed by atoms with Gasteiger partial charge in [0, 0.05) is 29.8 Å². The maximum atomic E-state index is 13.9. The van der Waals surface area contributed by atoms with Gasteiger partial charge in [0.2, 0.25) is 5.91 Å². The van der Waals surface area contributed by atoms with Gasteiger partial charge < -0.3 is 10.3 Å². The summed E-state index contributed by atoms with van der Waals surface area (Å²) in [5.74, 6) is -0.0830. The molecule has 0 spiro atoms. The van der Waals surface area contributed by atoms with E-state index in [1.165, 1.54) is 12.1 Å². The standard InChI is InChI=1S/C29H24FN7O/c1-16(2)10-26(38)33-20-12-18(14-31-15-20)23-6-7-24-27(34-23)28(37-36-24)25-13-22-21(8-9-32-29(22)35-25)17-4-3-5-19(30)11-17/h3-9,11-16H,10H2,1-2H3,(H,32,35)(H,33,38)(H,36,37). The number of aromatic nitrogens is 6. The monoisotopic (exact) mass is 505 g/mol. The molecule has 6 aromatic rings. The van der Waals surface area contributed by atoms with E-state index in [-0.39, 0.29) is 17.6 Å². The molecule has 1 amide bonds. The summed E-state index contributed by atoms with van der Waals surface area (Å²) in [6.45, 7) is 4.00.